The third kappa shape index (κ3) is 3.14. The molecule has 0 aliphatic carbocycles. The maximum atomic E-state index is 13.6. The van der Waals surface area contributed by atoms with E-state index in [1.165, 1.54) is 31.2 Å². The van der Waals surface area contributed by atoms with E-state index in [4.69, 9.17) is 11.6 Å². The quantitative estimate of drug-likeness (QED) is 0.804. The van der Waals surface area contributed by atoms with Crippen LogP contribution in [0.5, 0.6) is 0 Å². The van der Waals surface area contributed by atoms with Gasteiger partial charge in [-0.1, -0.05) is 35.9 Å². The standard InChI is InChI=1S/C15H12ClFO2S/c1-10(15(18)11-5-4-6-12(16)9-11)20(19)14-8-3-2-7-13(14)17/h2-10H,1H3. The van der Waals surface area contributed by atoms with Crippen molar-refractivity contribution < 1.29 is 13.4 Å². The van der Waals surface area contributed by atoms with E-state index in [0.717, 1.165) is 0 Å². The number of carbonyl (C=O) groups is 1. The molecule has 2 nitrogen and oxygen atoms in total. The average Bonchev–Trinajstić information content (AvgIpc) is 2.45. The van der Waals surface area contributed by atoms with E-state index in [9.17, 15) is 13.4 Å². The summed E-state index contributed by atoms with van der Waals surface area (Å²) in [6.45, 7) is 1.52. The molecule has 0 amide bonds. The number of ketones is 1. The molecular weight excluding hydrogens is 299 g/mol. The molecule has 0 N–H and O–H groups in total. The Balaban J connectivity index is 2.27. The van der Waals surface area contributed by atoms with E-state index in [-0.39, 0.29) is 10.7 Å². The summed E-state index contributed by atoms with van der Waals surface area (Å²) in [5, 5.41) is -0.412. The number of benzene rings is 2. The summed E-state index contributed by atoms with van der Waals surface area (Å²) in [5.41, 5.74) is 0.370. The van der Waals surface area contributed by atoms with E-state index in [1.807, 2.05) is 0 Å². The first-order valence-corrected chi connectivity index (χ1v) is 7.54. The number of rotatable bonds is 4. The largest absolute Gasteiger partial charge is 0.293 e. The van der Waals surface area contributed by atoms with Crippen LogP contribution in [0, 0.1) is 5.82 Å². The fourth-order valence-electron chi connectivity index (χ4n) is 1.77. The van der Waals surface area contributed by atoms with Gasteiger partial charge in [0.1, 0.15) is 5.82 Å². The maximum absolute atomic E-state index is 13.6. The van der Waals surface area contributed by atoms with Crippen LogP contribution in [0.15, 0.2) is 53.4 Å². The van der Waals surface area contributed by atoms with E-state index in [1.54, 1.807) is 24.3 Å². The second-order valence-corrected chi connectivity index (χ2v) is 6.42. The van der Waals surface area contributed by atoms with Crippen molar-refractivity contribution in [1.82, 2.24) is 0 Å². The van der Waals surface area contributed by atoms with Crippen molar-refractivity contribution in [1.29, 1.82) is 0 Å². The topological polar surface area (TPSA) is 34.1 Å². The van der Waals surface area contributed by atoms with Crippen molar-refractivity contribution in [3.05, 3.63) is 64.9 Å². The number of hydrogen-bond acceptors (Lipinski definition) is 2. The monoisotopic (exact) mass is 310 g/mol. The normalized spacial score (nSPS) is 13.8. The van der Waals surface area contributed by atoms with Gasteiger partial charge < -0.3 is 0 Å². The Morgan fingerprint density at radius 3 is 2.55 bits per heavy atom. The lowest BCUT2D eigenvalue weighted by Crippen LogP contribution is -2.23. The molecule has 0 aliphatic heterocycles. The van der Waals surface area contributed by atoms with Crippen molar-refractivity contribution in [3.8, 4) is 0 Å². The van der Waals surface area contributed by atoms with E-state index < -0.39 is 21.9 Å². The van der Waals surface area contributed by atoms with Crippen LogP contribution in [0.25, 0.3) is 0 Å². The maximum Gasteiger partial charge on any atom is 0.178 e. The van der Waals surface area contributed by atoms with Gasteiger partial charge in [0, 0.05) is 10.6 Å². The van der Waals surface area contributed by atoms with Crippen molar-refractivity contribution in [2.45, 2.75) is 17.1 Å². The molecule has 0 spiro atoms. The second kappa shape index (κ2) is 6.29. The molecule has 0 saturated heterocycles. The Labute approximate surface area is 124 Å². The Morgan fingerprint density at radius 1 is 1.20 bits per heavy atom. The Kier molecular flexibility index (Phi) is 4.68. The van der Waals surface area contributed by atoms with E-state index >= 15 is 0 Å². The van der Waals surface area contributed by atoms with Gasteiger partial charge in [-0.15, -0.1) is 0 Å². The van der Waals surface area contributed by atoms with Crippen LogP contribution in [-0.2, 0) is 10.8 Å². The van der Waals surface area contributed by atoms with Gasteiger partial charge in [0.2, 0.25) is 0 Å². The first-order chi connectivity index (χ1) is 9.50. The molecule has 0 aliphatic rings. The highest BCUT2D eigenvalue weighted by Crippen LogP contribution is 2.19. The van der Waals surface area contributed by atoms with Crippen LogP contribution < -0.4 is 0 Å². The fraction of sp³-hybridized carbons (Fsp3) is 0.133. The smallest absolute Gasteiger partial charge is 0.178 e. The zero-order valence-electron chi connectivity index (χ0n) is 10.7. The number of hydrogen-bond donors (Lipinski definition) is 0. The Hall–Kier alpha value is -1.52. The zero-order chi connectivity index (χ0) is 14.7. The molecule has 104 valence electrons. The molecule has 2 atom stereocenters. The summed E-state index contributed by atoms with van der Waals surface area (Å²) < 4.78 is 25.9. The summed E-state index contributed by atoms with van der Waals surface area (Å²) in [6.07, 6.45) is 0. The summed E-state index contributed by atoms with van der Waals surface area (Å²) in [4.78, 5) is 12.3. The predicted molar refractivity (Wildman–Crippen MR) is 78.1 cm³/mol. The van der Waals surface area contributed by atoms with Crippen molar-refractivity contribution in [3.63, 3.8) is 0 Å². The molecule has 2 rings (SSSR count). The number of Topliss-reactive ketones (excluding diaryl/α,β-unsaturated/α-hetero) is 1. The fourth-order valence-corrected chi connectivity index (χ4v) is 3.15. The van der Waals surface area contributed by atoms with Gasteiger partial charge in [-0.25, -0.2) is 4.39 Å². The van der Waals surface area contributed by atoms with Crippen LogP contribution in [0.3, 0.4) is 0 Å². The lowest BCUT2D eigenvalue weighted by molar-refractivity contribution is 0.0992. The third-order valence-electron chi connectivity index (χ3n) is 2.85. The molecule has 5 heteroatoms. The van der Waals surface area contributed by atoms with Crippen LogP contribution in [0.2, 0.25) is 5.02 Å². The molecule has 0 saturated carbocycles. The van der Waals surface area contributed by atoms with Gasteiger partial charge in [-0.05, 0) is 31.2 Å². The highest BCUT2D eigenvalue weighted by Gasteiger charge is 2.24. The molecule has 2 unspecified atom stereocenters. The highest BCUT2D eigenvalue weighted by atomic mass is 35.5. The summed E-state index contributed by atoms with van der Waals surface area (Å²) in [6, 6.07) is 12.2. The molecule has 0 aromatic heterocycles. The summed E-state index contributed by atoms with van der Waals surface area (Å²) >= 11 is 5.83. The van der Waals surface area contributed by atoms with Crippen LogP contribution >= 0.6 is 11.6 Å². The highest BCUT2D eigenvalue weighted by molar-refractivity contribution is 7.86. The van der Waals surface area contributed by atoms with Crippen molar-refractivity contribution in [2.75, 3.05) is 0 Å². The predicted octanol–water partition coefficient (Wildman–Crippen LogP) is 3.86. The van der Waals surface area contributed by atoms with E-state index in [0.29, 0.717) is 10.6 Å². The molecule has 0 radical (unpaired) electrons. The first-order valence-electron chi connectivity index (χ1n) is 5.95. The molecular formula is C15H12ClFO2S. The van der Waals surface area contributed by atoms with Crippen LogP contribution in [0.1, 0.15) is 17.3 Å². The SMILES string of the molecule is CC(C(=O)c1cccc(Cl)c1)S(=O)c1ccccc1F. The van der Waals surface area contributed by atoms with Crippen molar-refractivity contribution >= 4 is 28.2 Å². The van der Waals surface area contributed by atoms with Gasteiger partial charge in [0.05, 0.1) is 20.9 Å². The van der Waals surface area contributed by atoms with E-state index in [2.05, 4.69) is 0 Å². The molecule has 0 fully saturated rings. The summed E-state index contributed by atoms with van der Waals surface area (Å²) in [7, 11) is -1.74. The van der Waals surface area contributed by atoms with Crippen LogP contribution in [-0.4, -0.2) is 15.2 Å². The number of halogens is 2. The van der Waals surface area contributed by atoms with Gasteiger partial charge in [0.15, 0.2) is 5.78 Å². The molecule has 0 heterocycles. The van der Waals surface area contributed by atoms with Gasteiger partial charge >= 0.3 is 0 Å². The molecule has 2 aromatic rings. The first kappa shape index (κ1) is 14.9. The van der Waals surface area contributed by atoms with Crippen LogP contribution in [0.4, 0.5) is 4.39 Å². The van der Waals surface area contributed by atoms with Gasteiger partial charge in [-0.2, -0.15) is 0 Å². The zero-order valence-corrected chi connectivity index (χ0v) is 12.2. The Morgan fingerprint density at radius 2 is 1.90 bits per heavy atom. The minimum absolute atomic E-state index is 0.0374. The minimum Gasteiger partial charge on any atom is -0.293 e. The van der Waals surface area contributed by atoms with Crippen molar-refractivity contribution in [2.24, 2.45) is 0 Å². The lowest BCUT2D eigenvalue weighted by atomic mass is 10.1. The van der Waals surface area contributed by atoms with Gasteiger partial charge in [0.25, 0.3) is 0 Å². The Bertz CT molecular complexity index is 672. The molecule has 0 bridgehead atoms. The second-order valence-electron chi connectivity index (χ2n) is 4.24. The number of carbonyl (C=O) groups excluding carboxylic acids is 1. The minimum atomic E-state index is -1.74. The average molecular weight is 311 g/mol. The lowest BCUT2D eigenvalue weighted by Gasteiger charge is -2.11. The molecule has 20 heavy (non-hydrogen) atoms. The molecule has 2 aromatic carbocycles. The third-order valence-corrected chi connectivity index (χ3v) is 4.71. The van der Waals surface area contributed by atoms with Gasteiger partial charge in [-0.3, -0.25) is 9.00 Å². The summed E-state index contributed by atoms with van der Waals surface area (Å²) in [5.74, 6) is -0.898.